The van der Waals surface area contributed by atoms with Crippen LogP contribution in [-0.2, 0) is 9.53 Å². The number of likely N-dealkylation sites (tertiary alicyclic amines) is 1. The molecule has 16 heavy (non-hydrogen) atoms. The number of hydrogen-bond acceptors (Lipinski definition) is 3. The van der Waals surface area contributed by atoms with Crippen molar-refractivity contribution in [2.24, 2.45) is 0 Å². The van der Waals surface area contributed by atoms with E-state index in [0.29, 0.717) is 13.2 Å². The lowest BCUT2D eigenvalue weighted by atomic mass is 10.2. The number of amides is 1. The quantitative estimate of drug-likeness (QED) is 0.743. The van der Waals surface area contributed by atoms with E-state index in [0.717, 1.165) is 6.54 Å². The molecule has 0 aromatic heterocycles. The second-order valence-corrected chi connectivity index (χ2v) is 4.32. The SMILES string of the molecule is O=C(CC1CNCCO1)N1CCC(F)(F)C1. The van der Waals surface area contributed by atoms with E-state index in [4.69, 9.17) is 4.74 Å². The zero-order valence-electron chi connectivity index (χ0n) is 9.05. The highest BCUT2D eigenvalue weighted by Crippen LogP contribution is 2.27. The van der Waals surface area contributed by atoms with Gasteiger partial charge in [0.15, 0.2) is 0 Å². The number of nitrogens with zero attached hydrogens (tertiary/aromatic N) is 1. The number of rotatable bonds is 2. The zero-order chi connectivity index (χ0) is 11.6. The molecule has 0 aromatic rings. The van der Waals surface area contributed by atoms with Gasteiger partial charge in [-0.1, -0.05) is 0 Å². The average Bonchev–Trinajstić information content (AvgIpc) is 2.60. The normalized spacial score (nSPS) is 29.4. The molecule has 2 heterocycles. The van der Waals surface area contributed by atoms with Crippen molar-refractivity contribution >= 4 is 5.91 Å². The Balaban J connectivity index is 1.79. The Kier molecular flexibility index (Phi) is 3.39. The van der Waals surface area contributed by atoms with E-state index >= 15 is 0 Å². The Morgan fingerprint density at radius 1 is 1.56 bits per heavy atom. The van der Waals surface area contributed by atoms with E-state index in [9.17, 15) is 13.6 Å². The summed E-state index contributed by atoms with van der Waals surface area (Å²) in [5, 5.41) is 3.10. The maximum absolute atomic E-state index is 12.9. The topological polar surface area (TPSA) is 41.6 Å². The molecule has 2 aliphatic rings. The maximum atomic E-state index is 12.9. The molecule has 1 amide bonds. The van der Waals surface area contributed by atoms with E-state index in [1.54, 1.807) is 0 Å². The number of alkyl halides is 2. The number of carbonyl (C=O) groups is 1. The van der Waals surface area contributed by atoms with Crippen LogP contribution in [0.25, 0.3) is 0 Å². The minimum atomic E-state index is -2.71. The van der Waals surface area contributed by atoms with Crippen molar-refractivity contribution in [3.05, 3.63) is 0 Å². The van der Waals surface area contributed by atoms with Crippen molar-refractivity contribution in [3.8, 4) is 0 Å². The van der Waals surface area contributed by atoms with Crippen LogP contribution in [0.1, 0.15) is 12.8 Å². The highest BCUT2D eigenvalue weighted by molar-refractivity contribution is 5.77. The molecule has 0 saturated carbocycles. The first-order chi connectivity index (χ1) is 7.57. The molecule has 0 spiro atoms. The second kappa shape index (κ2) is 4.63. The molecule has 1 atom stereocenters. The smallest absolute Gasteiger partial charge is 0.267 e. The number of halogens is 2. The van der Waals surface area contributed by atoms with Crippen molar-refractivity contribution in [3.63, 3.8) is 0 Å². The van der Waals surface area contributed by atoms with E-state index in [1.165, 1.54) is 4.90 Å². The van der Waals surface area contributed by atoms with Gasteiger partial charge in [0.25, 0.3) is 5.92 Å². The molecule has 2 fully saturated rings. The van der Waals surface area contributed by atoms with Gasteiger partial charge >= 0.3 is 0 Å². The van der Waals surface area contributed by atoms with Gasteiger partial charge in [-0.2, -0.15) is 0 Å². The Labute approximate surface area is 92.9 Å². The average molecular weight is 234 g/mol. The van der Waals surface area contributed by atoms with Gasteiger partial charge in [-0.25, -0.2) is 8.78 Å². The van der Waals surface area contributed by atoms with Gasteiger partial charge in [-0.05, 0) is 0 Å². The van der Waals surface area contributed by atoms with Crippen molar-refractivity contribution in [2.45, 2.75) is 24.9 Å². The molecule has 2 aliphatic heterocycles. The Bertz CT molecular complexity index is 268. The van der Waals surface area contributed by atoms with E-state index in [-0.39, 0.29) is 31.4 Å². The molecule has 1 N–H and O–H groups in total. The molecule has 0 bridgehead atoms. The van der Waals surface area contributed by atoms with Gasteiger partial charge in [0.1, 0.15) is 0 Å². The summed E-state index contributed by atoms with van der Waals surface area (Å²) >= 11 is 0. The third-order valence-corrected chi connectivity index (χ3v) is 2.93. The fraction of sp³-hybridized carbons (Fsp3) is 0.900. The first kappa shape index (κ1) is 11.7. The molecule has 2 rings (SSSR count). The lowest BCUT2D eigenvalue weighted by Gasteiger charge is -2.25. The van der Waals surface area contributed by atoms with Crippen LogP contribution >= 0.6 is 0 Å². The standard InChI is InChI=1S/C10H16F2N2O2/c11-10(12)1-3-14(7-10)9(15)5-8-6-13-2-4-16-8/h8,13H,1-7H2. The summed E-state index contributed by atoms with van der Waals surface area (Å²) in [5.41, 5.74) is 0. The largest absolute Gasteiger partial charge is 0.375 e. The molecule has 2 saturated heterocycles. The number of carbonyl (C=O) groups excluding carboxylic acids is 1. The molecule has 0 radical (unpaired) electrons. The lowest BCUT2D eigenvalue weighted by Crippen LogP contribution is -2.42. The maximum Gasteiger partial charge on any atom is 0.267 e. The Morgan fingerprint density at radius 3 is 2.94 bits per heavy atom. The molecule has 4 nitrogen and oxygen atoms in total. The van der Waals surface area contributed by atoms with Gasteiger partial charge in [0.2, 0.25) is 5.91 Å². The molecule has 6 heteroatoms. The number of morpholine rings is 1. The molecule has 0 aromatic carbocycles. The predicted molar refractivity (Wildman–Crippen MR) is 53.4 cm³/mol. The minimum Gasteiger partial charge on any atom is -0.375 e. The number of nitrogens with one attached hydrogen (secondary N) is 1. The van der Waals surface area contributed by atoms with Crippen molar-refractivity contribution in [1.29, 1.82) is 0 Å². The van der Waals surface area contributed by atoms with Gasteiger partial charge in [0, 0.05) is 26.1 Å². The zero-order valence-corrected chi connectivity index (χ0v) is 9.05. The number of hydrogen-bond donors (Lipinski definition) is 1. The summed E-state index contributed by atoms with van der Waals surface area (Å²) in [4.78, 5) is 12.9. The first-order valence-corrected chi connectivity index (χ1v) is 5.55. The highest BCUT2D eigenvalue weighted by atomic mass is 19.3. The summed E-state index contributed by atoms with van der Waals surface area (Å²) in [5.74, 6) is -2.94. The third-order valence-electron chi connectivity index (χ3n) is 2.93. The fourth-order valence-corrected chi connectivity index (χ4v) is 2.02. The molecule has 92 valence electrons. The lowest BCUT2D eigenvalue weighted by molar-refractivity contribution is -0.135. The summed E-state index contributed by atoms with van der Waals surface area (Å²) in [6.45, 7) is 1.70. The van der Waals surface area contributed by atoms with Crippen molar-refractivity contribution in [2.75, 3.05) is 32.8 Å². The third kappa shape index (κ3) is 2.89. The summed E-state index contributed by atoms with van der Waals surface area (Å²) < 4.78 is 31.2. The van der Waals surface area contributed by atoms with Crippen LogP contribution < -0.4 is 5.32 Å². The van der Waals surface area contributed by atoms with Gasteiger partial charge in [-0.3, -0.25) is 4.79 Å². The van der Waals surface area contributed by atoms with Gasteiger partial charge in [0.05, 0.1) is 25.7 Å². The predicted octanol–water partition coefficient (Wildman–Crippen LogP) is 0.232. The van der Waals surface area contributed by atoms with Gasteiger partial charge < -0.3 is 15.0 Å². The number of ether oxygens (including phenoxy) is 1. The van der Waals surface area contributed by atoms with Crippen LogP contribution in [0.4, 0.5) is 8.78 Å². The molecule has 0 aliphatic carbocycles. The van der Waals surface area contributed by atoms with E-state index in [1.807, 2.05) is 0 Å². The monoisotopic (exact) mass is 234 g/mol. The summed E-state index contributed by atoms with van der Waals surface area (Å²) in [7, 11) is 0. The van der Waals surface area contributed by atoms with E-state index in [2.05, 4.69) is 5.32 Å². The Hall–Kier alpha value is -0.750. The van der Waals surface area contributed by atoms with Crippen LogP contribution in [-0.4, -0.2) is 55.6 Å². The molecule has 1 unspecified atom stereocenters. The highest BCUT2D eigenvalue weighted by Gasteiger charge is 2.40. The van der Waals surface area contributed by atoms with Crippen molar-refractivity contribution in [1.82, 2.24) is 10.2 Å². The second-order valence-electron chi connectivity index (χ2n) is 4.32. The van der Waals surface area contributed by atoms with Crippen LogP contribution in [0.5, 0.6) is 0 Å². The van der Waals surface area contributed by atoms with Crippen LogP contribution in [0.15, 0.2) is 0 Å². The fourth-order valence-electron chi connectivity index (χ4n) is 2.02. The first-order valence-electron chi connectivity index (χ1n) is 5.55. The van der Waals surface area contributed by atoms with Crippen LogP contribution in [0.3, 0.4) is 0 Å². The minimum absolute atomic E-state index is 0.159. The van der Waals surface area contributed by atoms with Crippen LogP contribution in [0, 0.1) is 0 Å². The van der Waals surface area contributed by atoms with Crippen molar-refractivity contribution < 1.29 is 18.3 Å². The Morgan fingerprint density at radius 2 is 2.38 bits per heavy atom. The van der Waals surface area contributed by atoms with Gasteiger partial charge in [-0.15, -0.1) is 0 Å². The molecular weight excluding hydrogens is 218 g/mol. The van der Waals surface area contributed by atoms with Crippen LogP contribution in [0.2, 0.25) is 0 Å². The summed E-state index contributed by atoms with van der Waals surface area (Å²) in [6.07, 6.45) is -0.193. The molecular formula is C10H16F2N2O2. The summed E-state index contributed by atoms with van der Waals surface area (Å²) in [6, 6.07) is 0. The van der Waals surface area contributed by atoms with E-state index < -0.39 is 12.5 Å².